The molecule has 0 amide bonds. The molecule has 2 atom stereocenters. The molecular weight excluding hydrogens is 413 g/mol. The Morgan fingerprint density at radius 3 is 2.16 bits per heavy atom. The van der Waals surface area contributed by atoms with Gasteiger partial charge in [-0.25, -0.2) is 8.78 Å². The molecule has 166 valence electrons. The SMILES string of the molecule is C/C=C/C1CCC(c2ccc(-c3ccc(-c4ccc(OC)c(F)c4F)cc3)c(F)c2)OC1. The molecular formula is C27H25F3O2. The van der Waals surface area contributed by atoms with Crippen molar-refractivity contribution in [3.05, 3.63) is 89.8 Å². The number of methoxy groups -OCH3 is 1. The van der Waals surface area contributed by atoms with Gasteiger partial charge in [-0.05, 0) is 54.7 Å². The van der Waals surface area contributed by atoms with Gasteiger partial charge < -0.3 is 9.47 Å². The Balaban J connectivity index is 1.53. The van der Waals surface area contributed by atoms with E-state index < -0.39 is 11.6 Å². The topological polar surface area (TPSA) is 18.5 Å². The summed E-state index contributed by atoms with van der Waals surface area (Å²) in [7, 11) is 1.28. The van der Waals surface area contributed by atoms with Crippen molar-refractivity contribution in [1.82, 2.24) is 0 Å². The molecule has 5 heteroatoms. The zero-order valence-corrected chi connectivity index (χ0v) is 18.1. The molecule has 0 bridgehead atoms. The van der Waals surface area contributed by atoms with Crippen LogP contribution in [-0.2, 0) is 4.74 Å². The normalized spacial score (nSPS) is 18.8. The standard InChI is InChI=1S/C27H25F3O2/c1-3-4-17-5-13-24(32-16-17)20-10-11-21(23(28)15-20)18-6-8-19(9-7-18)22-12-14-25(31-2)27(30)26(22)29/h3-4,6-12,14-15,17,24H,5,13,16H2,1-2H3/b4-3+. The second kappa shape index (κ2) is 9.61. The third-order valence-corrected chi connectivity index (χ3v) is 5.91. The molecule has 2 nitrogen and oxygen atoms in total. The molecule has 3 aromatic carbocycles. The van der Waals surface area contributed by atoms with Gasteiger partial charge in [0.15, 0.2) is 11.6 Å². The van der Waals surface area contributed by atoms with E-state index in [0.29, 0.717) is 29.2 Å². The van der Waals surface area contributed by atoms with Gasteiger partial charge in [-0.1, -0.05) is 48.6 Å². The van der Waals surface area contributed by atoms with Crippen LogP contribution in [0.4, 0.5) is 13.2 Å². The van der Waals surface area contributed by atoms with Crippen molar-refractivity contribution in [2.24, 2.45) is 5.92 Å². The second-order valence-corrected chi connectivity index (χ2v) is 7.95. The summed E-state index contributed by atoms with van der Waals surface area (Å²) in [6.45, 7) is 2.64. The number of allylic oxidation sites excluding steroid dienone is 1. The summed E-state index contributed by atoms with van der Waals surface area (Å²) in [5.41, 5.74) is 2.55. The minimum Gasteiger partial charge on any atom is -0.494 e. The van der Waals surface area contributed by atoms with Gasteiger partial charge in [0.2, 0.25) is 5.82 Å². The van der Waals surface area contributed by atoms with Gasteiger partial charge in [0.25, 0.3) is 0 Å². The number of rotatable bonds is 5. The van der Waals surface area contributed by atoms with Gasteiger partial charge in [-0.15, -0.1) is 0 Å². The lowest BCUT2D eigenvalue weighted by molar-refractivity contribution is -0.00538. The van der Waals surface area contributed by atoms with E-state index in [-0.39, 0.29) is 23.2 Å². The van der Waals surface area contributed by atoms with Crippen LogP contribution < -0.4 is 4.74 Å². The number of hydrogen-bond donors (Lipinski definition) is 0. The smallest absolute Gasteiger partial charge is 0.201 e. The van der Waals surface area contributed by atoms with Crippen LogP contribution in [0.25, 0.3) is 22.3 Å². The molecule has 3 aromatic rings. The first kappa shape index (κ1) is 22.2. The van der Waals surface area contributed by atoms with Gasteiger partial charge in [-0.3, -0.25) is 0 Å². The average Bonchev–Trinajstić information content (AvgIpc) is 2.82. The van der Waals surface area contributed by atoms with Gasteiger partial charge in [0.05, 0.1) is 19.8 Å². The van der Waals surface area contributed by atoms with E-state index in [1.165, 1.54) is 25.3 Å². The number of benzene rings is 3. The molecule has 1 heterocycles. The molecule has 0 aromatic heterocycles. The third kappa shape index (κ3) is 4.44. The third-order valence-electron chi connectivity index (χ3n) is 5.91. The summed E-state index contributed by atoms with van der Waals surface area (Å²) in [6, 6.07) is 14.7. The zero-order valence-electron chi connectivity index (χ0n) is 18.1. The van der Waals surface area contributed by atoms with Gasteiger partial charge in [0, 0.05) is 17.0 Å². The molecule has 0 radical (unpaired) electrons. The van der Waals surface area contributed by atoms with E-state index in [1.807, 2.05) is 19.1 Å². The van der Waals surface area contributed by atoms with Gasteiger partial charge in [0.1, 0.15) is 5.82 Å². The fourth-order valence-corrected chi connectivity index (χ4v) is 4.17. The first-order chi connectivity index (χ1) is 15.5. The van der Waals surface area contributed by atoms with Crippen molar-refractivity contribution < 1.29 is 22.6 Å². The van der Waals surface area contributed by atoms with Crippen molar-refractivity contribution >= 4 is 0 Å². The van der Waals surface area contributed by atoms with Crippen LogP contribution in [0.1, 0.15) is 31.4 Å². The van der Waals surface area contributed by atoms with E-state index in [4.69, 9.17) is 9.47 Å². The molecule has 1 aliphatic heterocycles. The van der Waals surface area contributed by atoms with Crippen molar-refractivity contribution in [3.63, 3.8) is 0 Å². The van der Waals surface area contributed by atoms with E-state index in [9.17, 15) is 13.2 Å². The van der Waals surface area contributed by atoms with Crippen molar-refractivity contribution in [3.8, 4) is 28.0 Å². The lowest BCUT2D eigenvalue weighted by Gasteiger charge is -2.28. The highest BCUT2D eigenvalue weighted by molar-refractivity contribution is 5.71. The van der Waals surface area contributed by atoms with E-state index >= 15 is 0 Å². The van der Waals surface area contributed by atoms with Crippen LogP contribution in [-0.4, -0.2) is 13.7 Å². The highest BCUT2D eigenvalue weighted by Crippen LogP contribution is 2.35. The number of ether oxygens (including phenoxy) is 2. The van der Waals surface area contributed by atoms with Crippen LogP contribution in [0.5, 0.6) is 5.75 Å². The fourth-order valence-electron chi connectivity index (χ4n) is 4.17. The molecule has 0 N–H and O–H groups in total. The molecule has 1 aliphatic rings. The molecule has 1 fully saturated rings. The molecule has 0 spiro atoms. The molecule has 0 aliphatic carbocycles. The molecule has 4 rings (SSSR count). The molecule has 32 heavy (non-hydrogen) atoms. The maximum absolute atomic E-state index is 14.9. The van der Waals surface area contributed by atoms with Crippen molar-refractivity contribution in [1.29, 1.82) is 0 Å². The molecule has 0 saturated carbocycles. The monoisotopic (exact) mass is 438 g/mol. The summed E-state index contributed by atoms with van der Waals surface area (Å²) in [4.78, 5) is 0. The average molecular weight is 438 g/mol. The summed E-state index contributed by atoms with van der Waals surface area (Å²) in [6.07, 6.45) is 5.95. The summed E-state index contributed by atoms with van der Waals surface area (Å²) < 4.78 is 54.1. The van der Waals surface area contributed by atoms with Crippen molar-refractivity contribution in [2.75, 3.05) is 13.7 Å². The largest absolute Gasteiger partial charge is 0.494 e. The Morgan fingerprint density at radius 2 is 1.56 bits per heavy atom. The van der Waals surface area contributed by atoms with Gasteiger partial charge in [-0.2, -0.15) is 4.39 Å². The first-order valence-corrected chi connectivity index (χ1v) is 10.7. The second-order valence-electron chi connectivity index (χ2n) is 7.95. The Bertz CT molecular complexity index is 1110. The van der Waals surface area contributed by atoms with Crippen LogP contribution in [0.3, 0.4) is 0 Å². The van der Waals surface area contributed by atoms with Gasteiger partial charge >= 0.3 is 0 Å². The fraction of sp³-hybridized carbons (Fsp3) is 0.259. The summed E-state index contributed by atoms with van der Waals surface area (Å²) in [5, 5.41) is 0. The summed E-state index contributed by atoms with van der Waals surface area (Å²) >= 11 is 0. The highest BCUT2D eigenvalue weighted by atomic mass is 19.2. The Morgan fingerprint density at radius 1 is 0.875 bits per heavy atom. The Kier molecular flexibility index (Phi) is 6.66. The maximum atomic E-state index is 14.9. The Hall–Kier alpha value is -3.05. The minimum absolute atomic E-state index is 0.102. The summed E-state index contributed by atoms with van der Waals surface area (Å²) in [5.74, 6) is -2.07. The van der Waals surface area contributed by atoms with E-state index in [1.54, 1.807) is 30.3 Å². The molecule has 2 unspecified atom stereocenters. The Labute approximate surface area is 186 Å². The lowest BCUT2D eigenvalue weighted by atomic mass is 9.93. The maximum Gasteiger partial charge on any atom is 0.201 e. The van der Waals surface area contributed by atoms with Crippen LogP contribution >= 0.6 is 0 Å². The number of hydrogen-bond acceptors (Lipinski definition) is 2. The van der Waals surface area contributed by atoms with E-state index in [2.05, 4.69) is 6.08 Å². The van der Waals surface area contributed by atoms with Crippen LogP contribution in [0, 0.1) is 23.4 Å². The quantitative estimate of drug-likeness (QED) is 0.384. The number of halogens is 3. The predicted molar refractivity (Wildman–Crippen MR) is 120 cm³/mol. The molecule has 1 saturated heterocycles. The minimum atomic E-state index is -1.03. The highest BCUT2D eigenvalue weighted by Gasteiger charge is 2.22. The lowest BCUT2D eigenvalue weighted by Crippen LogP contribution is -2.19. The predicted octanol–water partition coefficient (Wildman–Crippen LogP) is 7.49. The van der Waals surface area contributed by atoms with Crippen molar-refractivity contribution in [2.45, 2.75) is 25.9 Å². The first-order valence-electron chi connectivity index (χ1n) is 10.7. The van der Waals surface area contributed by atoms with Crippen LogP contribution in [0.15, 0.2) is 66.7 Å². The van der Waals surface area contributed by atoms with E-state index in [0.717, 1.165) is 18.4 Å². The zero-order chi connectivity index (χ0) is 22.7. The van der Waals surface area contributed by atoms with Crippen LogP contribution in [0.2, 0.25) is 0 Å².